The Balaban J connectivity index is 1.93. The van der Waals surface area contributed by atoms with E-state index in [-0.39, 0.29) is 18.2 Å². The molecular formula is C12H22N2O4. The Morgan fingerprint density at radius 2 is 2.11 bits per heavy atom. The van der Waals surface area contributed by atoms with Gasteiger partial charge in [0.05, 0.1) is 32.0 Å². The van der Waals surface area contributed by atoms with Gasteiger partial charge in [0.25, 0.3) is 0 Å². The zero-order chi connectivity index (χ0) is 13.0. The Bertz CT molecular complexity index is 281. The molecule has 104 valence electrons. The number of piperidine rings is 1. The first-order valence-corrected chi connectivity index (χ1v) is 6.64. The predicted molar refractivity (Wildman–Crippen MR) is 65.4 cm³/mol. The number of aliphatic hydroxyl groups is 1. The molecule has 1 amide bonds. The van der Waals surface area contributed by atoms with Gasteiger partial charge in [-0.3, -0.25) is 4.90 Å². The number of carbonyl (C=O) groups excluding carboxylic acids is 1. The summed E-state index contributed by atoms with van der Waals surface area (Å²) in [5, 5.41) is 10.1. The van der Waals surface area contributed by atoms with Crippen LogP contribution in [0.4, 0.5) is 4.79 Å². The van der Waals surface area contributed by atoms with Crippen LogP contribution in [0.15, 0.2) is 0 Å². The summed E-state index contributed by atoms with van der Waals surface area (Å²) in [5.41, 5.74) is 0. The Morgan fingerprint density at radius 3 is 2.78 bits per heavy atom. The molecule has 2 saturated heterocycles. The first-order valence-electron chi connectivity index (χ1n) is 6.64. The summed E-state index contributed by atoms with van der Waals surface area (Å²) in [7, 11) is 0. The number of hydrogen-bond acceptors (Lipinski definition) is 5. The van der Waals surface area contributed by atoms with Crippen molar-refractivity contribution in [2.24, 2.45) is 0 Å². The van der Waals surface area contributed by atoms with Crippen molar-refractivity contribution in [2.75, 3.05) is 46.0 Å². The minimum atomic E-state index is -0.367. The van der Waals surface area contributed by atoms with Crippen molar-refractivity contribution in [3.8, 4) is 0 Å². The highest BCUT2D eigenvalue weighted by Gasteiger charge is 2.35. The molecule has 6 nitrogen and oxygen atoms in total. The van der Waals surface area contributed by atoms with Crippen LogP contribution in [0.3, 0.4) is 0 Å². The number of amides is 1. The van der Waals surface area contributed by atoms with Crippen LogP contribution >= 0.6 is 0 Å². The summed E-state index contributed by atoms with van der Waals surface area (Å²) in [4.78, 5) is 15.6. The number of hydrogen-bond donors (Lipinski definition) is 1. The van der Waals surface area contributed by atoms with Gasteiger partial charge in [0.1, 0.15) is 0 Å². The second-order valence-electron chi connectivity index (χ2n) is 4.72. The Hall–Kier alpha value is -0.850. The van der Waals surface area contributed by atoms with Gasteiger partial charge in [0.15, 0.2) is 0 Å². The molecule has 0 unspecified atom stereocenters. The number of carbonyl (C=O) groups is 1. The summed E-state index contributed by atoms with van der Waals surface area (Å²) in [6.07, 6.45) is -0.0302. The van der Waals surface area contributed by atoms with Gasteiger partial charge in [-0.2, -0.15) is 0 Å². The lowest BCUT2D eigenvalue weighted by Crippen LogP contribution is -2.58. The number of aliphatic hydroxyl groups excluding tert-OH is 1. The van der Waals surface area contributed by atoms with Crippen molar-refractivity contribution in [3.63, 3.8) is 0 Å². The zero-order valence-corrected chi connectivity index (χ0v) is 10.9. The van der Waals surface area contributed by atoms with Crippen molar-refractivity contribution in [3.05, 3.63) is 0 Å². The van der Waals surface area contributed by atoms with Crippen LogP contribution in [0.2, 0.25) is 0 Å². The smallest absolute Gasteiger partial charge is 0.409 e. The van der Waals surface area contributed by atoms with Gasteiger partial charge in [0, 0.05) is 26.2 Å². The molecule has 18 heavy (non-hydrogen) atoms. The maximum Gasteiger partial charge on any atom is 0.409 e. The second kappa shape index (κ2) is 6.36. The Labute approximate surface area is 107 Å². The second-order valence-corrected chi connectivity index (χ2v) is 4.72. The quantitative estimate of drug-likeness (QED) is 0.750. The van der Waals surface area contributed by atoms with Crippen molar-refractivity contribution in [2.45, 2.75) is 25.5 Å². The summed E-state index contributed by atoms with van der Waals surface area (Å²) in [5.74, 6) is 0. The minimum absolute atomic E-state index is 0.00653. The predicted octanol–water partition coefficient (Wildman–Crippen LogP) is -0.0897. The molecule has 0 saturated carbocycles. The average molecular weight is 258 g/mol. The van der Waals surface area contributed by atoms with E-state index in [9.17, 15) is 9.90 Å². The van der Waals surface area contributed by atoms with Gasteiger partial charge < -0.3 is 19.5 Å². The fraction of sp³-hybridized carbons (Fsp3) is 0.917. The van der Waals surface area contributed by atoms with Crippen molar-refractivity contribution < 1.29 is 19.4 Å². The van der Waals surface area contributed by atoms with Crippen molar-refractivity contribution in [1.82, 2.24) is 9.80 Å². The number of likely N-dealkylation sites (tertiary alicyclic amines) is 1. The van der Waals surface area contributed by atoms with E-state index in [1.54, 1.807) is 11.8 Å². The topological polar surface area (TPSA) is 62.2 Å². The number of rotatable bonds is 2. The largest absolute Gasteiger partial charge is 0.450 e. The number of ether oxygens (including phenoxy) is 2. The maximum absolute atomic E-state index is 11.7. The van der Waals surface area contributed by atoms with E-state index >= 15 is 0 Å². The molecule has 2 aliphatic rings. The third-order valence-corrected chi connectivity index (χ3v) is 3.59. The summed E-state index contributed by atoms with van der Waals surface area (Å²) in [6.45, 7) is 6.33. The van der Waals surface area contributed by atoms with Crippen LogP contribution in [0.5, 0.6) is 0 Å². The van der Waals surface area contributed by atoms with E-state index in [1.165, 1.54) is 0 Å². The molecule has 0 spiro atoms. The first kappa shape index (κ1) is 13.6. The van der Waals surface area contributed by atoms with Crippen molar-refractivity contribution in [1.29, 1.82) is 0 Å². The Morgan fingerprint density at radius 1 is 1.39 bits per heavy atom. The zero-order valence-electron chi connectivity index (χ0n) is 10.9. The third-order valence-electron chi connectivity index (χ3n) is 3.59. The summed E-state index contributed by atoms with van der Waals surface area (Å²) >= 11 is 0. The lowest BCUT2D eigenvalue weighted by atomic mass is 10.0. The van der Waals surface area contributed by atoms with Crippen LogP contribution in [0, 0.1) is 0 Å². The normalized spacial score (nSPS) is 30.2. The van der Waals surface area contributed by atoms with Gasteiger partial charge in [-0.15, -0.1) is 0 Å². The highest BCUT2D eigenvalue weighted by molar-refractivity contribution is 5.67. The van der Waals surface area contributed by atoms with Gasteiger partial charge in [-0.1, -0.05) is 0 Å². The van der Waals surface area contributed by atoms with Crippen molar-refractivity contribution >= 4 is 6.09 Å². The van der Waals surface area contributed by atoms with Gasteiger partial charge in [-0.05, 0) is 13.3 Å². The average Bonchev–Trinajstić information content (AvgIpc) is 2.40. The molecule has 2 heterocycles. The van der Waals surface area contributed by atoms with E-state index in [1.807, 2.05) is 0 Å². The molecular weight excluding hydrogens is 236 g/mol. The Kier molecular flexibility index (Phi) is 4.79. The van der Waals surface area contributed by atoms with Gasteiger partial charge >= 0.3 is 6.09 Å². The first-order chi connectivity index (χ1) is 8.72. The summed E-state index contributed by atoms with van der Waals surface area (Å²) < 4.78 is 10.3. The molecule has 0 aromatic rings. The van der Waals surface area contributed by atoms with E-state index in [2.05, 4.69) is 4.90 Å². The number of nitrogens with zero attached hydrogens (tertiary/aromatic N) is 2. The minimum Gasteiger partial charge on any atom is -0.450 e. The SMILES string of the molecule is CCOC(=O)N1CC[C@H](O)[C@H](N2CCOCC2)C1. The monoisotopic (exact) mass is 258 g/mol. The molecule has 2 atom stereocenters. The highest BCUT2D eigenvalue weighted by Crippen LogP contribution is 2.18. The molecule has 0 aromatic carbocycles. The molecule has 6 heteroatoms. The van der Waals surface area contributed by atoms with Gasteiger partial charge in [-0.25, -0.2) is 4.79 Å². The van der Waals surface area contributed by atoms with Crippen LogP contribution < -0.4 is 0 Å². The molecule has 1 N–H and O–H groups in total. The molecule has 0 radical (unpaired) electrons. The van der Waals surface area contributed by atoms with E-state index < -0.39 is 0 Å². The number of morpholine rings is 1. The third kappa shape index (κ3) is 3.13. The van der Waals surface area contributed by atoms with Gasteiger partial charge in [0.2, 0.25) is 0 Å². The van der Waals surface area contributed by atoms with Crippen LogP contribution in [-0.2, 0) is 9.47 Å². The van der Waals surface area contributed by atoms with E-state index in [4.69, 9.17) is 9.47 Å². The van der Waals surface area contributed by atoms with Crippen LogP contribution in [0.1, 0.15) is 13.3 Å². The van der Waals surface area contributed by atoms with Crippen LogP contribution in [-0.4, -0.2) is 79.1 Å². The molecule has 0 bridgehead atoms. The molecule has 2 fully saturated rings. The fourth-order valence-corrected chi connectivity index (χ4v) is 2.57. The van der Waals surface area contributed by atoms with E-state index in [0.29, 0.717) is 39.3 Å². The lowest BCUT2D eigenvalue weighted by molar-refractivity contribution is -0.0503. The molecule has 2 aliphatic heterocycles. The molecule has 0 aliphatic carbocycles. The summed E-state index contributed by atoms with van der Waals surface area (Å²) in [6, 6.07) is 0.00653. The highest BCUT2D eigenvalue weighted by atomic mass is 16.6. The maximum atomic E-state index is 11.7. The molecule has 2 rings (SSSR count). The van der Waals surface area contributed by atoms with Crippen LogP contribution in [0.25, 0.3) is 0 Å². The fourth-order valence-electron chi connectivity index (χ4n) is 2.57. The lowest BCUT2D eigenvalue weighted by Gasteiger charge is -2.42. The van der Waals surface area contributed by atoms with E-state index in [0.717, 1.165) is 13.1 Å². The standard InChI is InChI=1S/C12H22N2O4/c1-2-18-12(16)14-4-3-11(15)10(9-14)13-5-7-17-8-6-13/h10-11,15H,2-9H2,1H3/t10-,11+/m1/s1. The molecule has 0 aromatic heterocycles.